The maximum atomic E-state index is 11.1. The van der Waals surface area contributed by atoms with Gasteiger partial charge in [0.25, 0.3) is 5.69 Å². The first-order valence-corrected chi connectivity index (χ1v) is 6.34. The molecule has 0 bridgehead atoms. The van der Waals surface area contributed by atoms with Crippen LogP contribution in [0.3, 0.4) is 0 Å². The van der Waals surface area contributed by atoms with E-state index < -0.39 is 10.9 Å². The largest absolute Gasteiger partial charge is 0.491 e. The highest BCUT2D eigenvalue weighted by Crippen LogP contribution is 2.26. The normalized spacial score (nSPS) is 14.3. The summed E-state index contributed by atoms with van der Waals surface area (Å²) in [5.74, 6) is -1.12. The van der Waals surface area contributed by atoms with Crippen molar-refractivity contribution in [3.8, 4) is 5.75 Å². The first-order chi connectivity index (χ1) is 9.49. The summed E-state index contributed by atoms with van der Waals surface area (Å²) < 4.78 is 5.41. The number of hydrogen-bond acceptors (Lipinski definition) is 5. The molecular weight excluding hydrogens is 264 g/mol. The minimum atomic E-state index is -1.16. The Morgan fingerprint density at radius 1 is 1.55 bits per heavy atom. The molecule has 0 spiro atoms. The first kappa shape index (κ1) is 14.3. The maximum absolute atomic E-state index is 11.1. The third-order valence-corrected chi connectivity index (χ3v) is 3.28. The van der Waals surface area contributed by atoms with Crippen LogP contribution in [0, 0.1) is 10.1 Å². The Morgan fingerprint density at radius 3 is 2.80 bits per heavy atom. The van der Waals surface area contributed by atoms with Gasteiger partial charge >= 0.3 is 5.97 Å². The summed E-state index contributed by atoms with van der Waals surface area (Å²) in [4.78, 5) is 23.3. The molecular formula is C13H16N2O5. The summed E-state index contributed by atoms with van der Waals surface area (Å²) in [6, 6.07) is 4.09. The standard InChI is InChI=1S/C13H16N2O5/c1-14(9-2-3-9)6-7-20-12-8-10(15(18)19)4-5-11(12)13(16)17/h4-5,8-9H,2-3,6-7H2,1H3,(H,16,17). The third-order valence-electron chi connectivity index (χ3n) is 3.28. The fourth-order valence-electron chi connectivity index (χ4n) is 1.92. The third kappa shape index (κ3) is 3.45. The molecule has 1 aliphatic carbocycles. The lowest BCUT2D eigenvalue weighted by molar-refractivity contribution is -0.384. The molecule has 1 N–H and O–H groups in total. The molecule has 7 nitrogen and oxygen atoms in total. The number of non-ortho nitro benzene ring substituents is 1. The molecule has 1 saturated carbocycles. The van der Waals surface area contributed by atoms with E-state index >= 15 is 0 Å². The quantitative estimate of drug-likeness (QED) is 0.604. The van der Waals surface area contributed by atoms with Crippen LogP contribution in [-0.2, 0) is 0 Å². The number of hydrogen-bond donors (Lipinski definition) is 1. The van der Waals surface area contributed by atoms with Gasteiger partial charge in [-0.3, -0.25) is 10.1 Å². The Labute approximate surface area is 115 Å². The van der Waals surface area contributed by atoms with E-state index in [1.165, 1.54) is 18.9 Å². The Balaban J connectivity index is 2.04. The SMILES string of the molecule is CN(CCOc1cc([N+](=O)[O-])ccc1C(=O)O)C1CC1. The van der Waals surface area contributed by atoms with Crippen LogP contribution < -0.4 is 4.74 Å². The van der Waals surface area contributed by atoms with E-state index in [0.717, 1.165) is 12.1 Å². The Hall–Kier alpha value is -2.15. The number of likely N-dealkylation sites (N-methyl/N-ethyl adjacent to an activating group) is 1. The van der Waals surface area contributed by atoms with Gasteiger partial charge in [0.05, 0.1) is 11.0 Å². The Morgan fingerprint density at radius 2 is 2.25 bits per heavy atom. The maximum Gasteiger partial charge on any atom is 0.339 e. The second-order valence-electron chi connectivity index (χ2n) is 4.80. The zero-order chi connectivity index (χ0) is 14.7. The summed E-state index contributed by atoms with van der Waals surface area (Å²) >= 11 is 0. The van der Waals surface area contributed by atoms with E-state index in [1.807, 2.05) is 7.05 Å². The number of aromatic carboxylic acids is 1. The van der Waals surface area contributed by atoms with Crippen molar-refractivity contribution in [2.24, 2.45) is 0 Å². The predicted octanol–water partition coefficient (Wildman–Crippen LogP) is 1.77. The van der Waals surface area contributed by atoms with Crippen molar-refractivity contribution in [3.63, 3.8) is 0 Å². The minimum Gasteiger partial charge on any atom is -0.491 e. The number of carbonyl (C=O) groups is 1. The molecule has 1 aromatic rings. The van der Waals surface area contributed by atoms with Gasteiger partial charge in [0.2, 0.25) is 0 Å². The van der Waals surface area contributed by atoms with Crippen molar-refractivity contribution < 1.29 is 19.6 Å². The fourth-order valence-corrected chi connectivity index (χ4v) is 1.92. The summed E-state index contributed by atoms with van der Waals surface area (Å²) in [6.45, 7) is 0.959. The van der Waals surface area contributed by atoms with Crippen molar-refractivity contribution in [1.29, 1.82) is 0 Å². The number of nitro groups is 1. The van der Waals surface area contributed by atoms with Crippen molar-refractivity contribution in [2.75, 3.05) is 20.2 Å². The summed E-state index contributed by atoms with van der Waals surface area (Å²) in [5, 5.41) is 19.7. The van der Waals surface area contributed by atoms with E-state index in [1.54, 1.807) is 0 Å². The number of ether oxygens (including phenoxy) is 1. The smallest absolute Gasteiger partial charge is 0.339 e. The molecule has 2 rings (SSSR count). The highest BCUT2D eigenvalue weighted by atomic mass is 16.6. The lowest BCUT2D eigenvalue weighted by Crippen LogP contribution is -2.26. The zero-order valence-corrected chi connectivity index (χ0v) is 11.1. The molecule has 0 atom stereocenters. The van der Waals surface area contributed by atoms with Crippen LogP contribution in [0.4, 0.5) is 5.69 Å². The lowest BCUT2D eigenvalue weighted by atomic mass is 10.2. The molecule has 0 heterocycles. The number of nitrogens with zero attached hydrogens (tertiary/aromatic N) is 2. The highest BCUT2D eigenvalue weighted by Gasteiger charge is 2.25. The molecule has 0 saturated heterocycles. The molecule has 0 amide bonds. The van der Waals surface area contributed by atoms with Crippen LogP contribution in [-0.4, -0.2) is 47.1 Å². The monoisotopic (exact) mass is 280 g/mol. The van der Waals surface area contributed by atoms with Crippen LogP contribution in [0.15, 0.2) is 18.2 Å². The fraction of sp³-hybridized carbons (Fsp3) is 0.462. The molecule has 0 aromatic heterocycles. The average Bonchev–Trinajstić information content (AvgIpc) is 3.22. The molecule has 20 heavy (non-hydrogen) atoms. The topological polar surface area (TPSA) is 92.9 Å². The molecule has 0 unspecified atom stereocenters. The number of nitro benzene ring substituents is 1. The van der Waals surface area contributed by atoms with E-state index in [2.05, 4.69) is 4.90 Å². The van der Waals surface area contributed by atoms with Gasteiger partial charge in [0.15, 0.2) is 0 Å². The van der Waals surface area contributed by atoms with Crippen molar-refractivity contribution in [3.05, 3.63) is 33.9 Å². The first-order valence-electron chi connectivity index (χ1n) is 6.34. The van der Waals surface area contributed by atoms with Crippen LogP contribution >= 0.6 is 0 Å². The van der Waals surface area contributed by atoms with Gasteiger partial charge < -0.3 is 14.7 Å². The van der Waals surface area contributed by atoms with Gasteiger partial charge in [0, 0.05) is 18.7 Å². The van der Waals surface area contributed by atoms with Crippen LogP contribution in [0.1, 0.15) is 23.2 Å². The number of rotatable bonds is 7. The molecule has 1 aliphatic rings. The highest BCUT2D eigenvalue weighted by molar-refractivity contribution is 5.91. The Kier molecular flexibility index (Phi) is 4.19. The molecule has 0 aliphatic heterocycles. The van der Waals surface area contributed by atoms with Crippen molar-refractivity contribution >= 4 is 11.7 Å². The number of carboxylic acid groups (broad SMARTS) is 1. The van der Waals surface area contributed by atoms with E-state index in [0.29, 0.717) is 19.2 Å². The molecule has 1 aromatic carbocycles. The second kappa shape index (κ2) is 5.87. The summed E-state index contributed by atoms with van der Waals surface area (Å²) in [5.41, 5.74) is -0.245. The van der Waals surface area contributed by atoms with Crippen LogP contribution in [0.2, 0.25) is 0 Å². The van der Waals surface area contributed by atoms with E-state index in [9.17, 15) is 14.9 Å². The van der Waals surface area contributed by atoms with E-state index in [4.69, 9.17) is 9.84 Å². The zero-order valence-electron chi connectivity index (χ0n) is 11.1. The second-order valence-corrected chi connectivity index (χ2v) is 4.80. The number of benzene rings is 1. The minimum absolute atomic E-state index is 0.0379. The predicted molar refractivity (Wildman–Crippen MR) is 71.2 cm³/mol. The van der Waals surface area contributed by atoms with Gasteiger partial charge in [-0.2, -0.15) is 0 Å². The van der Waals surface area contributed by atoms with Gasteiger partial charge in [-0.25, -0.2) is 4.79 Å². The van der Waals surface area contributed by atoms with Crippen LogP contribution in [0.25, 0.3) is 0 Å². The molecule has 1 fully saturated rings. The molecule has 108 valence electrons. The van der Waals surface area contributed by atoms with E-state index in [-0.39, 0.29) is 17.0 Å². The summed E-state index contributed by atoms with van der Waals surface area (Å²) in [7, 11) is 1.98. The average molecular weight is 280 g/mol. The Bertz CT molecular complexity index is 527. The van der Waals surface area contributed by atoms with Gasteiger partial charge in [-0.05, 0) is 26.0 Å². The lowest BCUT2D eigenvalue weighted by Gasteiger charge is -2.16. The summed E-state index contributed by atoms with van der Waals surface area (Å²) in [6.07, 6.45) is 2.35. The number of carboxylic acids is 1. The van der Waals surface area contributed by atoms with Crippen LogP contribution in [0.5, 0.6) is 5.75 Å². The van der Waals surface area contributed by atoms with Gasteiger partial charge in [0.1, 0.15) is 17.9 Å². The van der Waals surface area contributed by atoms with Crippen molar-refractivity contribution in [2.45, 2.75) is 18.9 Å². The van der Waals surface area contributed by atoms with Gasteiger partial charge in [-0.15, -0.1) is 0 Å². The van der Waals surface area contributed by atoms with Crippen molar-refractivity contribution in [1.82, 2.24) is 4.90 Å². The van der Waals surface area contributed by atoms with Gasteiger partial charge in [-0.1, -0.05) is 0 Å². The molecule has 0 radical (unpaired) electrons. The molecule has 7 heteroatoms.